The van der Waals surface area contributed by atoms with E-state index >= 15 is 0 Å². The first kappa shape index (κ1) is 14.0. The Bertz CT molecular complexity index is 651. The maximum Gasteiger partial charge on any atom is 0.184 e. The molecule has 0 unspecified atom stereocenters. The minimum absolute atomic E-state index is 0.0637. The molecule has 0 fully saturated rings. The summed E-state index contributed by atoms with van der Waals surface area (Å²) in [5.41, 5.74) is 9.93. The van der Waals surface area contributed by atoms with Crippen LogP contribution in [0.3, 0.4) is 0 Å². The summed E-state index contributed by atoms with van der Waals surface area (Å²) in [6.45, 7) is 1.79. The molecular weight excluding hydrogens is 282 g/mol. The van der Waals surface area contributed by atoms with Crippen molar-refractivity contribution in [1.29, 1.82) is 0 Å². The molecule has 102 valence electrons. The van der Waals surface area contributed by atoms with E-state index < -0.39 is 9.84 Å². The van der Waals surface area contributed by atoms with Crippen LogP contribution in [0.1, 0.15) is 24.0 Å². The Balaban J connectivity index is 2.61. The fourth-order valence-corrected chi connectivity index (χ4v) is 4.05. The highest BCUT2D eigenvalue weighted by Crippen LogP contribution is 2.27. The van der Waals surface area contributed by atoms with Crippen LogP contribution in [0.25, 0.3) is 0 Å². The van der Waals surface area contributed by atoms with Crippen molar-refractivity contribution >= 4 is 32.9 Å². The van der Waals surface area contributed by atoms with Gasteiger partial charge >= 0.3 is 0 Å². The predicted octanol–water partition coefficient (Wildman–Crippen LogP) is 1.10. The molecular formula is C12H15N3O2S2. The molecule has 0 spiro atoms. The Morgan fingerprint density at radius 1 is 1.47 bits per heavy atom. The van der Waals surface area contributed by atoms with E-state index in [0.29, 0.717) is 29.0 Å². The van der Waals surface area contributed by atoms with Gasteiger partial charge in [0, 0.05) is 5.56 Å². The fraction of sp³-hybridized carbons (Fsp3) is 0.333. The van der Waals surface area contributed by atoms with Crippen LogP contribution in [0, 0.1) is 6.92 Å². The van der Waals surface area contributed by atoms with Crippen LogP contribution < -0.4 is 11.2 Å². The third-order valence-corrected chi connectivity index (χ3v) is 5.04. The first-order valence-corrected chi connectivity index (χ1v) is 7.92. The molecule has 2 rings (SSSR count). The standard InChI is InChI=1S/C12H15N3O2S2/c1-8-4-2-5-9-10(14-15-12(13)18)6-3-7-19(16,17)11(8)9/h2,4-5H,3,6-7H2,1H3,(H3,13,15,18). The van der Waals surface area contributed by atoms with Gasteiger partial charge in [-0.25, -0.2) is 8.42 Å². The highest BCUT2D eigenvalue weighted by atomic mass is 32.2. The largest absolute Gasteiger partial charge is 0.375 e. The second-order valence-electron chi connectivity index (χ2n) is 4.41. The van der Waals surface area contributed by atoms with Gasteiger partial charge in [0.1, 0.15) is 0 Å². The van der Waals surface area contributed by atoms with Gasteiger partial charge in [0.2, 0.25) is 0 Å². The Hall–Kier alpha value is -1.47. The van der Waals surface area contributed by atoms with E-state index in [4.69, 9.17) is 18.0 Å². The lowest BCUT2D eigenvalue weighted by molar-refractivity contribution is 0.594. The van der Waals surface area contributed by atoms with Crippen LogP contribution in [-0.2, 0) is 9.84 Å². The topological polar surface area (TPSA) is 84.5 Å². The zero-order valence-corrected chi connectivity index (χ0v) is 12.1. The quantitative estimate of drug-likeness (QED) is 0.599. The van der Waals surface area contributed by atoms with E-state index in [-0.39, 0.29) is 10.9 Å². The molecule has 19 heavy (non-hydrogen) atoms. The lowest BCUT2D eigenvalue weighted by Gasteiger charge is -2.10. The molecule has 1 aromatic carbocycles. The van der Waals surface area contributed by atoms with Crippen molar-refractivity contribution in [3.8, 4) is 0 Å². The Kier molecular flexibility index (Phi) is 3.86. The van der Waals surface area contributed by atoms with Gasteiger partial charge in [-0.05, 0) is 37.5 Å². The molecule has 0 atom stereocenters. The SMILES string of the molecule is Cc1cccc2c1S(=O)(=O)CCCC2=NNC(N)=S. The molecule has 1 heterocycles. The number of nitrogens with zero attached hydrogens (tertiary/aromatic N) is 1. The maximum atomic E-state index is 12.3. The average Bonchev–Trinajstić information content (AvgIpc) is 2.44. The van der Waals surface area contributed by atoms with Crippen molar-refractivity contribution in [3.63, 3.8) is 0 Å². The molecule has 0 radical (unpaired) electrons. The first-order valence-electron chi connectivity index (χ1n) is 5.86. The van der Waals surface area contributed by atoms with E-state index in [1.807, 2.05) is 6.07 Å². The molecule has 0 saturated heterocycles. The van der Waals surface area contributed by atoms with E-state index in [1.165, 1.54) is 0 Å². The molecule has 1 aliphatic heterocycles. The van der Waals surface area contributed by atoms with Crippen LogP contribution in [0.4, 0.5) is 0 Å². The zero-order chi connectivity index (χ0) is 14.0. The van der Waals surface area contributed by atoms with Crippen LogP contribution >= 0.6 is 12.2 Å². The molecule has 5 nitrogen and oxygen atoms in total. The Morgan fingerprint density at radius 2 is 2.21 bits per heavy atom. The smallest absolute Gasteiger partial charge is 0.184 e. The number of benzene rings is 1. The Morgan fingerprint density at radius 3 is 2.89 bits per heavy atom. The normalized spacial score (nSPS) is 19.5. The van der Waals surface area contributed by atoms with Crippen LogP contribution in [0.5, 0.6) is 0 Å². The summed E-state index contributed by atoms with van der Waals surface area (Å²) >= 11 is 4.71. The van der Waals surface area contributed by atoms with Crippen molar-refractivity contribution in [2.45, 2.75) is 24.7 Å². The molecule has 0 saturated carbocycles. The number of sulfone groups is 1. The minimum Gasteiger partial charge on any atom is -0.375 e. The molecule has 0 aromatic heterocycles. The van der Waals surface area contributed by atoms with Crippen molar-refractivity contribution in [3.05, 3.63) is 29.3 Å². The van der Waals surface area contributed by atoms with Gasteiger partial charge in [-0.15, -0.1) is 0 Å². The summed E-state index contributed by atoms with van der Waals surface area (Å²) < 4.78 is 24.5. The van der Waals surface area contributed by atoms with Crippen molar-refractivity contribution in [2.75, 3.05) is 5.75 Å². The second kappa shape index (κ2) is 5.26. The fourth-order valence-electron chi connectivity index (χ4n) is 2.20. The van der Waals surface area contributed by atoms with Crippen LogP contribution in [0.15, 0.2) is 28.2 Å². The average molecular weight is 297 g/mol. The Labute approximate surface area is 117 Å². The van der Waals surface area contributed by atoms with Crippen LogP contribution in [-0.4, -0.2) is 25.0 Å². The minimum atomic E-state index is -3.25. The van der Waals surface area contributed by atoms with Gasteiger partial charge in [-0.1, -0.05) is 18.2 Å². The van der Waals surface area contributed by atoms with Crippen molar-refractivity contribution in [2.24, 2.45) is 10.8 Å². The highest BCUT2D eigenvalue weighted by molar-refractivity contribution is 7.91. The predicted molar refractivity (Wildman–Crippen MR) is 78.9 cm³/mol. The molecule has 1 aromatic rings. The van der Waals surface area contributed by atoms with Crippen molar-refractivity contribution in [1.82, 2.24) is 5.43 Å². The molecule has 0 aliphatic carbocycles. The first-order chi connectivity index (χ1) is 8.92. The number of nitrogens with two attached hydrogens (primary N) is 1. The highest BCUT2D eigenvalue weighted by Gasteiger charge is 2.26. The van der Waals surface area contributed by atoms with Gasteiger partial charge in [-0.3, -0.25) is 5.43 Å². The number of aryl methyl sites for hydroxylation is 1. The van der Waals surface area contributed by atoms with E-state index in [1.54, 1.807) is 19.1 Å². The number of hydrazone groups is 1. The summed E-state index contributed by atoms with van der Waals surface area (Å²) in [5.74, 6) is 0.136. The number of fused-ring (bicyclic) bond motifs is 1. The van der Waals surface area contributed by atoms with Gasteiger partial charge in [0.15, 0.2) is 14.9 Å². The number of nitrogens with one attached hydrogen (secondary N) is 1. The van der Waals surface area contributed by atoms with Crippen molar-refractivity contribution < 1.29 is 8.42 Å². The summed E-state index contributed by atoms with van der Waals surface area (Å²) in [6.07, 6.45) is 1.11. The van der Waals surface area contributed by atoms with Gasteiger partial charge in [-0.2, -0.15) is 5.10 Å². The van der Waals surface area contributed by atoms with Crippen LogP contribution in [0.2, 0.25) is 0 Å². The summed E-state index contributed by atoms with van der Waals surface area (Å²) in [5, 5.41) is 4.19. The van der Waals surface area contributed by atoms with E-state index in [9.17, 15) is 8.42 Å². The third-order valence-electron chi connectivity index (χ3n) is 2.96. The lowest BCUT2D eigenvalue weighted by atomic mass is 10.0. The summed E-state index contributed by atoms with van der Waals surface area (Å²) in [6, 6.07) is 5.39. The summed E-state index contributed by atoms with van der Waals surface area (Å²) in [7, 11) is -3.25. The lowest BCUT2D eigenvalue weighted by Crippen LogP contribution is -2.25. The zero-order valence-electron chi connectivity index (χ0n) is 10.5. The molecule has 3 N–H and O–H groups in total. The van der Waals surface area contributed by atoms with Gasteiger partial charge < -0.3 is 5.73 Å². The number of hydrogen-bond donors (Lipinski definition) is 2. The molecule has 7 heteroatoms. The third kappa shape index (κ3) is 2.93. The number of thiocarbonyl (C=S) groups is 1. The van der Waals surface area contributed by atoms with E-state index in [2.05, 4.69) is 10.5 Å². The number of hydrogen-bond acceptors (Lipinski definition) is 4. The van der Waals surface area contributed by atoms with E-state index in [0.717, 1.165) is 5.56 Å². The molecule has 0 bridgehead atoms. The second-order valence-corrected chi connectivity index (χ2v) is 6.89. The van der Waals surface area contributed by atoms with Gasteiger partial charge in [0.05, 0.1) is 16.4 Å². The number of rotatable bonds is 1. The molecule has 0 amide bonds. The summed E-state index contributed by atoms with van der Waals surface area (Å²) in [4.78, 5) is 0.371. The van der Waals surface area contributed by atoms with Gasteiger partial charge in [0.25, 0.3) is 0 Å². The molecule has 1 aliphatic rings. The maximum absolute atomic E-state index is 12.3. The monoisotopic (exact) mass is 297 g/mol.